The second kappa shape index (κ2) is 10.9. The predicted octanol–water partition coefficient (Wildman–Crippen LogP) is 7.00. The summed E-state index contributed by atoms with van der Waals surface area (Å²) < 4.78 is 27.8. The molecule has 2 aromatic rings. The van der Waals surface area contributed by atoms with Gasteiger partial charge >= 0.3 is 0 Å². The molecule has 1 saturated carbocycles. The highest BCUT2D eigenvalue weighted by Gasteiger charge is 2.41. The fourth-order valence-corrected chi connectivity index (χ4v) is 5.18. The number of nitriles is 1. The molecule has 1 fully saturated rings. The molecular weight excluding hydrogens is 390 g/mol. The van der Waals surface area contributed by atoms with Crippen LogP contribution in [0.2, 0.25) is 0 Å². The number of rotatable bonds is 9. The first-order chi connectivity index (χ1) is 15.0. The Bertz CT molecular complexity index is 871. The van der Waals surface area contributed by atoms with E-state index in [0.29, 0.717) is 12.0 Å². The van der Waals surface area contributed by atoms with Gasteiger partial charge in [0.2, 0.25) is 0 Å². The van der Waals surface area contributed by atoms with Crippen molar-refractivity contribution in [2.75, 3.05) is 6.54 Å². The third kappa shape index (κ3) is 5.52. The van der Waals surface area contributed by atoms with Crippen molar-refractivity contribution < 1.29 is 8.78 Å². The van der Waals surface area contributed by atoms with Gasteiger partial charge in [0.1, 0.15) is 0 Å². The lowest BCUT2D eigenvalue weighted by molar-refractivity contribution is 0.172. The van der Waals surface area contributed by atoms with Crippen LogP contribution >= 0.6 is 0 Å². The van der Waals surface area contributed by atoms with E-state index < -0.39 is 17.0 Å². The van der Waals surface area contributed by atoms with Gasteiger partial charge in [0.25, 0.3) is 0 Å². The zero-order valence-electron chi connectivity index (χ0n) is 18.8. The lowest BCUT2D eigenvalue weighted by Crippen LogP contribution is -2.39. The summed E-state index contributed by atoms with van der Waals surface area (Å²) in [7, 11) is 0. The summed E-state index contributed by atoms with van der Waals surface area (Å²) in [4.78, 5) is 2.42. The topological polar surface area (TPSA) is 27.0 Å². The molecule has 0 aliphatic heterocycles. The molecule has 0 N–H and O–H groups in total. The summed E-state index contributed by atoms with van der Waals surface area (Å²) in [6, 6.07) is 17.4. The van der Waals surface area contributed by atoms with E-state index in [0.717, 1.165) is 45.2 Å². The van der Waals surface area contributed by atoms with Crippen LogP contribution in [0.5, 0.6) is 0 Å². The minimum atomic E-state index is -0.861. The molecule has 166 valence electrons. The predicted molar refractivity (Wildman–Crippen MR) is 121 cm³/mol. The molecule has 4 heteroatoms. The highest BCUT2D eigenvalue weighted by Crippen LogP contribution is 2.44. The number of benzene rings is 2. The quantitative estimate of drug-likeness (QED) is 0.433. The molecule has 1 aliphatic carbocycles. The van der Waals surface area contributed by atoms with Crippen molar-refractivity contribution >= 4 is 0 Å². The Morgan fingerprint density at radius 1 is 1.06 bits per heavy atom. The van der Waals surface area contributed by atoms with Crippen molar-refractivity contribution in [3.63, 3.8) is 0 Å². The summed E-state index contributed by atoms with van der Waals surface area (Å²) in [5.74, 6) is -1.53. The van der Waals surface area contributed by atoms with Crippen LogP contribution in [0, 0.1) is 28.9 Å². The fourth-order valence-electron chi connectivity index (χ4n) is 5.18. The summed E-state index contributed by atoms with van der Waals surface area (Å²) in [5, 5.41) is 10.4. The zero-order chi connectivity index (χ0) is 22.3. The first-order valence-electron chi connectivity index (χ1n) is 11.6. The van der Waals surface area contributed by atoms with Gasteiger partial charge in [0.15, 0.2) is 11.6 Å². The fraction of sp³-hybridized carbons (Fsp3) is 0.519. The van der Waals surface area contributed by atoms with E-state index in [1.54, 1.807) is 6.07 Å². The minimum absolute atomic E-state index is 0.188. The maximum absolute atomic E-state index is 14.1. The van der Waals surface area contributed by atoms with Gasteiger partial charge in [-0.05, 0) is 68.3 Å². The standard InChI is InChI=1S/C27H34F2N2/c1-3-31(19-22-10-6-4-7-11-22)21(2)16-17-27(20-30,23-12-8-5-9-13-23)24-14-15-25(28)26(29)18-24/h4,6-7,10-11,14-15,18,21,23H,3,5,8-9,12-13,16-17,19H2,1-2H3. The maximum atomic E-state index is 14.1. The van der Waals surface area contributed by atoms with Crippen LogP contribution in [0.15, 0.2) is 48.5 Å². The Balaban J connectivity index is 1.82. The van der Waals surface area contributed by atoms with E-state index in [-0.39, 0.29) is 12.0 Å². The van der Waals surface area contributed by atoms with Crippen LogP contribution < -0.4 is 0 Å². The number of halogens is 2. The Morgan fingerprint density at radius 3 is 2.39 bits per heavy atom. The van der Waals surface area contributed by atoms with Crippen LogP contribution in [0.3, 0.4) is 0 Å². The van der Waals surface area contributed by atoms with E-state index in [4.69, 9.17) is 0 Å². The smallest absolute Gasteiger partial charge is 0.159 e. The van der Waals surface area contributed by atoms with Crippen molar-refractivity contribution in [2.45, 2.75) is 76.8 Å². The molecule has 0 bridgehead atoms. The van der Waals surface area contributed by atoms with Crippen molar-refractivity contribution in [2.24, 2.45) is 5.92 Å². The Hall–Kier alpha value is -2.25. The molecule has 3 rings (SSSR count). The van der Waals surface area contributed by atoms with Crippen LogP contribution in [0.4, 0.5) is 8.78 Å². The highest BCUT2D eigenvalue weighted by atomic mass is 19.2. The third-order valence-electron chi connectivity index (χ3n) is 7.15. The van der Waals surface area contributed by atoms with E-state index in [1.165, 1.54) is 24.1 Å². The molecule has 0 radical (unpaired) electrons. The van der Waals surface area contributed by atoms with Crippen LogP contribution in [0.25, 0.3) is 0 Å². The van der Waals surface area contributed by atoms with Gasteiger partial charge in [-0.3, -0.25) is 4.90 Å². The minimum Gasteiger partial charge on any atom is -0.297 e. The monoisotopic (exact) mass is 424 g/mol. The maximum Gasteiger partial charge on any atom is 0.159 e. The molecule has 0 aromatic heterocycles. The summed E-state index contributed by atoms with van der Waals surface area (Å²) in [5.41, 5.74) is 1.14. The van der Waals surface area contributed by atoms with Crippen molar-refractivity contribution in [1.29, 1.82) is 5.26 Å². The lowest BCUT2D eigenvalue weighted by atomic mass is 9.63. The van der Waals surface area contributed by atoms with Gasteiger partial charge in [0.05, 0.1) is 11.5 Å². The molecular formula is C27H34F2N2. The average Bonchev–Trinajstić information content (AvgIpc) is 2.81. The SMILES string of the molecule is CCN(Cc1ccccc1)C(C)CCC(C#N)(c1ccc(F)c(F)c1)C1CCCCC1. The first kappa shape index (κ1) is 23.4. The van der Waals surface area contributed by atoms with Crippen LogP contribution in [0.1, 0.15) is 69.9 Å². The Labute approximate surface area is 185 Å². The zero-order valence-corrected chi connectivity index (χ0v) is 18.8. The molecule has 0 saturated heterocycles. The van der Waals surface area contributed by atoms with Gasteiger partial charge in [-0.1, -0.05) is 62.6 Å². The van der Waals surface area contributed by atoms with E-state index in [1.807, 2.05) is 6.07 Å². The lowest BCUT2D eigenvalue weighted by Gasteiger charge is -2.39. The third-order valence-corrected chi connectivity index (χ3v) is 7.15. The van der Waals surface area contributed by atoms with Crippen molar-refractivity contribution in [3.05, 3.63) is 71.3 Å². The Kier molecular flexibility index (Phi) is 8.21. The highest BCUT2D eigenvalue weighted by molar-refractivity contribution is 5.35. The second-order valence-corrected chi connectivity index (χ2v) is 8.98. The molecule has 0 heterocycles. The molecule has 0 amide bonds. The first-order valence-corrected chi connectivity index (χ1v) is 11.6. The summed E-state index contributed by atoms with van der Waals surface area (Å²) in [6.07, 6.45) is 6.83. The molecule has 2 nitrogen and oxygen atoms in total. The second-order valence-electron chi connectivity index (χ2n) is 8.98. The molecule has 31 heavy (non-hydrogen) atoms. The van der Waals surface area contributed by atoms with Gasteiger partial charge in [0, 0.05) is 12.6 Å². The average molecular weight is 425 g/mol. The number of hydrogen-bond donors (Lipinski definition) is 0. The molecule has 2 aromatic carbocycles. The molecule has 0 spiro atoms. The molecule has 1 aliphatic rings. The van der Waals surface area contributed by atoms with Crippen molar-refractivity contribution in [3.8, 4) is 6.07 Å². The van der Waals surface area contributed by atoms with Crippen LogP contribution in [-0.2, 0) is 12.0 Å². The van der Waals surface area contributed by atoms with Gasteiger partial charge < -0.3 is 0 Å². The van der Waals surface area contributed by atoms with E-state index in [2.05, 4.69) is 49.1 Å². The van der Waals surface area contributed by atoms with E-state index >= 15 is 0 Å². The van der Waals surface area contributed by atoms with Gasteiger partial charge in [-0.25, -0.2) is 8.78 Å². The largest absolute Gasteiger partial charge is 0.297 e. The summed E-state index contributed by atoms with van der Waals surface area (Å²) >= 11 is 0. The molecule has 2 atom stereocenters. The van der Waals surface area contributed by atoms with E-state index in [9.17, 15) is 14.0 Å². The normalized spacial score (nSPS) is 17.8. The molecule has 2 unspecified atom stereocenters. The van der Waals surface area contributed by atoms with Crippen LogP contribution in [-0.4, -0.2) is 17.5 Å². The van der Waals surface area contributed by atoms with Crippen molar-refractivity contribution in [1.82, 2.24) is 4.90 Å². The van der Waals surface area contributed by atoms with Gasteiger partial charge in [-0.2, -0.15) is 5.26 Å². The number of hydrogen-bond acceptors (Lipinski definition) is 2. The van der Waals surface area contributed by atoms with Gasteiger partial charge in [-0.15, -0.1) is 0 Å². The summed E-state index contributed by atoms with van der Waals surface area (Å²) in [6.45, 7) is 6.16. The Morgan fingerprint density at radius 2 is 1.77 bits per heavy atom. The number of nitrogens with zero attached hydrogens (tertiary/aromatic N) is 2.